The van der Waals surface area contributed by atoms with Gasteiger partial charge in [-0.25, -0.2) is 14.3 Å². The van der Waals surface area contributed by atoms with Crippen molar-refractivity contribution in [2.75, 3.05) is 13.1 Å². The fourth-order valence-corrected chi connectivity index (χ4v) is 4.26. The van der Waals surface area contributed by atoms with E-state index < -0.39 is 12.1 Å². The van der Waals surface area contributed by atoms with Crippen LogP contribution in [0.5, 0.6) is 0 Å². The Morgan fingerprint density at radius 1 is 1.00 bits per heavy atom. The lowest BCUT2D eigenvalue weighted by molar-refractivity contribution is -0.192. The molecule has 38 heavy (non-hydrogen) atoms. The first kappa shape index (κ1) is 26.8. The third-order valence-corrected chi connectivity index (χ3v) is 6.21. The Hall–Kier alpha value is -4.28. The first-order valence-electron chi connectivity index (χ1n) is 12.1. The Kier molecular flexibility index (Phi) is 8.35. The summed E-state index contributed by atoms with van der Waals surface area (Å²) in [5, 5.41) is 11.9. The lowest BCUT2D eigenvalue weighted by Gasteiger charge is -2.31. The van der Waals surface area contributed by atoms with E-state index in [9.17, 15) is 18.0 Å². The molecule has 11 heteroatoms. The summed E-state index contributed by atoms with van der Waals surface area (Å²) in [4.78, 5) is 32.5. The van der Waals surface area contributed by atoms with E-state index >= 15 is 0 Å². The molecule has 4 aromatic rings. The van der Waals surface area contributed by atoms with E-state index in [1.807, 2.05) is 52.0 Å². The largest absolute Gasteiger partial charge is 0.490 e. The molecule has 1 N–H and O–H groups in total. The van der Waals surface area contributed by atoms with Crippen LogP contribution in [0.15, 0.2) is 73.2 Å². The standard InChI is InChI=1S/C25H25N5O.C2HF3O2/c31-24(11-8-19-5-2-1-3-6-19)29-16-4-7-22(17-29)25-27-23-10-9-21(18-30(23)28-25)20-12-14-26-15-13-20;3-2(4,5)1(6)7/h1-3,5-6,9-10,12-15,18,22H,4,7-8,11,16-17H2;(H,6,7). The number of likely N-dealkylation sites (tertiary alicyclic amines) is 1. The van der Waals surface area contributed by atoms with Crippen molar-refractivity contribution in [1.29, 1.82) is 0 Å². The van der Waals surface area contributed by atoms with E-state index in [4.69, 9.17) is 20.0 Å². The van der Waals surface area contributed by atoms with Gasteiger partial charge >= 0.3 is 12.1 Å². The van der Waals surface area contributed by atoms with Crippen LogP contribution >= 0.6 is 0 Å². The van der Waals surface area contributed by atoms with Crippen LogP contribution in [-0.2, 0) is 16.0 Å². The van der Waals surface area contributed by atoms with Crippen LogP contribution < -0.4 is 0 Å². The molecule has 1 aromatic carbocycles. The van der Waals surface area contributed by atoms with Gasteiger partial charge in [-0.1, -0.05) is 30.3 Å². The van der Waals surface area contributed by atoms with Gasteiger partial charge in [0.1, 0.15) is 0 Å². The molecule has 3 aromatic heterocycles. The summed E-state index contributed by atoms with van der Waals surface area (Å²) in [6.45, 7) is 1.52. The highest BCUT2D eigenvalue weighted by Crippen LogP contribution is 2.26. The highest BCUT2D eigenvalue weighted by Gasteiger charge is 2.38. The van der Waals surface area contributed by atoms with Crippen molar-refractivity contribution in [2.45, 2.75) is 37.8 Å². The molecule has 1 aliphatic rings. The molecule has 5 rings (SSSR count). The second kappa shape index (κ2) is 11.8. The van der Waals surface area contributed by atoms with E-state index in [0.717, 1.165) is 48.4 Å². The fourth-order valence-electron chi connectivity index (χ4n) is 4.26. The van der Waals surface area contributed by atoms with Gasteiger partial charge in [0.2, 0.25) is 5.91 Å². The zero-order chi connectivity index (χ0) is 27.1. The number of carbonyl (C=O) groups excluding carboxylic acids is 1. The third-order valence-electron chi connectivity index (χ3n) is 6.21. The fraction of sp³-hybridized carbons (Fsp3) is 0.296. The monoisotopic (exact) mass is 525 g/mol. The van der Waals surface area contributed by atoms with Gasteiger partial charge in [-0.3, -0.25) is 9.78 Å². The van der Waals surface area contributed by atoms with Crippen molar-refractivity contribution >= 4 is 17.5 Å². The van der Waals surface area contributed by atoms with Crippen LogP contribution in [0.4, 0.5) is 13.2 Å². The summed E-state index contributed by atoms with van der Waals surface area (Å²) in [6, 6.07) is 18.2. The molecule has 0 saturated carbocycles. The summed E-state index contributed by atoms with van der Waals surface area (Å²) in [5.74, 6) is -1.53. The molecule has 1 aliphatic heterocycles. The summed E-state index contributed by atoms with van der Waals surface area (Å²) in [5.41, 5.74) is 4.21. The number of rotatable bonds is 5. The molecule has 0 aliphatic carbocycles. The maximum atomic E-state index is 12.8. The normalized spacial score (nSPS) is 15.6. The maximum Gasteiger partial charge on any atom is 0.490 e. The van der Waals surface area contributed by atoms with Gasteiger partial charge in [-0.15, -0.1) is 0 Å². The third kappa shape index (κ3) is 6.93. The molecule has 0 spiro atoms. The Morgan fingerprint density at radius 2 is 1.71 bits per heavy atom. The molecule has 198 valence electrons. The number of aromatic nitrogens is 4. The summed E-state index contributed by atoms with van der Waals surface area (Å²) in [7, 11) is 0. The zero-order valence-corrected chi connectivity index (χ0v) is 20.4. The molecular weight excluding hydrogens is 499 g/mol. The number of alkyl halides is 3. The minimum atomic E-state index is -5.08. The number of benzene rings is 1. The van der Waals surface area contributed by atoms with Crippen LogP contribution in [0.25, 0.3) is 16.8 Å². The van der Waals surface area contributed by atoms with Crippen molar-refractivity contribution in [3.05, 3.63) is 84.6 Å². The second-order valence-electron chi connectivity index (χ2n) is 8.89. The lowest BCUT2D eigenvalue weighted by Crippen LogP contribution is -2.39. The number of nitrogens with zero attached hydrogens (tertiary/aromatic N) is 5. The van der Waals surface area contributed by atoms with Gasteiger partial charge in [-0.2, -0.15) is 18.3 Å². The van der Waals surface area contributed by atoms with E-state index in [1.54, 1.807) is 12.4 Å². The van der Waals surface area contributed by atoms with Crippen molar-refractivity contribution in [1.82, 2.24) is 24.5 Å². The number of carboxylic acids is 1. The number of piperidine rings is 1. The number of hydrogen-bond acceptors (Lipinski definition) is 5. The van der Waals surface area contributed by atoms with Crippen molar-refractivity contribution in [2.24, 2.45) is 0 Å². The number of hydrogen-bond donors (Lipinski definition) is 1. The molecule has 1 saturated heterocycles. The number of halogens is 3. The number of pyridine rings is 2. The molecule has 0 bridgehead atoms. The van der Waals surface area contributed by atoms with Gasteiger partial charge < -0.3 is 10.0 Å². The summed E-state index contributed by atoms with van der Waals surface area (Å²) >= 11 is 0. The first-order chi connectivity index (χ1) is 18.2. The molecule has 1 atom stereocenters. The highest BCUT2D eigenvalue weighted by atomic mass is 19.4. The molecule has 1 unspecified atom stereocenters. The Labute approximate surface area is 216 Å². The minimum absolute atomic E-state index is 0.179. The van der Waals surface area contributed by atoms with Gasteiger partial charge in [0, 0.05) is 49.6 Å². The number of amides is 1. The number of carbonyl (C=O) groups is 2. The van der Waals surface area contributed by atoms with Crippen LogP contribution in [0.2, 0.25) is 0 Å². The maximum absolute atomic E-state index is 12.8. The molecular formula is C27H26F3N5O3. The van der Waals surface area contributed by atoms with Crippen molar-refractivity contribution in [3.63, 3.8) is 0 Å². The summed E-state index contributed by atoms with van der Waals surface area (Å²) < 4.78 is 33.6. The Balaban J connectivity index is 0.000000426. The van der Waals surface area contributed by atoms with E-state index in [0.29, 0.717) is 13.0 Å². The van der Waals surface area contributed by atoms with Crippen molar-refractivity contribution in [3.8, 4) is 11.1 Å². The van der Waals surface area contributed by atoms with Crippen LogP contribution in [-0.4, -0.2) is 60.7 Å². The van der Waals surface area contributed by atoms with Gasteiger partial charge in [-0.05, 0) is 54.7 Å². The smallest absolute Gasteiger partial charge is 0.475 e. The number of fused-ring (bicyclic) bond motifs is 1. The predicted molar refractivity (Wildman–Crippen MR) is 133 cm³/mol. The zero-order valence-electron chi connectivity index (χ0n) is 20.4. The van der Waals surface area contributed by atoms with Crippen LogP contribution in [0, 0.1) is 0 Å². The van der Waals surface area contributed by atoms with Crippen LogP contribution in [0.1, 0.15) is 36.6 Å². The average molecular weight is 526 g/mol. The predicted octanol–water partition coefficient (Wildman–Crippen LogP) is 4.76. The number of aliphatic carboxylic acids is 1. The quantitative estimate of drug-likeness (QED) is 0.403. The molecule has 8 nitrogen and oxygen atoms in total. The van der Waals surface area contributed by atoms with Gasteiger partial charge in [0.15, 0.2) is 11.5 Å². The topological polar surface area (TPSA) is 101 Å². The SMILES string of the molecule is O=C(CCc1ccccc1)N1CCCC(c2nc3ccc(-c4ccncc4)cn3n2)C1.O=C(O)C(F)(F)F. The molecule has 1 amide bonds. The van der Waals surface area contributed by atoms with Gasteiger partial charge in [0.25, 0.3) is 0 Å². The van der Waals surface area contributed by atoms with E-state index in [2.05, 4.69) is 23.2 Å². The average Bonchev–Trinajstić information content (AvgIpc) is 3.36. The second-order valence-corrected chi connectivity index (χ2v) is 8.89. The lowest BCUT2D eigenvalue weighted by atomic mass is 9.97. The number of carboxylic acid groups (broad SMARTS) is 1. The summed E-state index contributed by atoms with van der Waals surface area (Å²) in [6.07, 6.45) is 3.83. The Bertz CT molecular complexity index is 1380. The molecule has 4 heterocycles. The van der Waals surface area contributed by atoms with Crippen LogP contribution in [0.3, 0.4) is 0 Å². The van der Waals surface area contributed by atoms with Crippen molar-refractivity contribution < 1.29 is 27.9 Å². The van der Waals surface area contributed by atoms with Gasteiger partial charge in [0.05, 0.1) is 0 Å². The number of aryl methyl sites for hydroxylation is 1. The first-order valence-corrected chi connectivity index (χ1v) is 12.1. The molecule has 1 fully saturated rings. The molecule has 0 radical (unpaired) electrons. The van der Waals surface area contributed by atoms with E-state index in [1.165, 1.54) is 5.56 Å². The minimum Gasteiger partial charge on any atom is -0.475 e. The Morgan fingerprint density at radius 3 is 2.39 bits per heavy atom. The highest BCUT2D eigenvalue weighted by molar-refractivity contribution is 5.76. The van der Waals surface area contributed by atoms with E-state index in [-0.39, 0.29) is 11.8 Å².